The molecular weight excluding hydrogens is 318 g/mol. The first-order valence-corrected chi connectivity index (χ1v) is 7.55. The zero-order valence-corrected chi connectivity index (χ0v) is 12.2. The van der Waals surface area contributed by atoms with Gasteiger partial charge in [-0.15, -0.1) is 0 Å². The highest BCUT2D eigenvalue weighted by atomic mass is 79.9. The summed E-state index contributed by atoms with van der Waals surface area (Å²) < 4.78 is 26.8. The lowest BCUT2D eigenvalue weighted by Gasteiger charge is -2.16. The van der Waals surface area contributed by atoms with Gasteiger partial charge in [0, 0.05) is 26.0 Å². The first-order chi connectivity index (χ1) is 7.41. The van der Waals surface area contributed by atoms with Gasteiger partial charge >= 0.3 is 0 Å². The van der Waals surface area contributed by atoms with E-state index >= 15 is 0 Å². The molecule has 0 N–H and O–H groups in total. The van der Waals surface area contributed by atoms with Crippen molar-refractivity contribution in [3.8, 4) is 0 Å². The van der Waals surface area contributed by atoms with Crippen LogP contribution in [-0.2, 0) is 17.1 Å². The van der Waals surface area contributed by atoms with Crippen molar-refractivity contribution in [1.29, 1.82) is 0 Å². The molecule has 0 aliphatic carbocycles. The monoisotopic (exact) mass is 329 g/mol. The number of rotatable bonds is 5. The highest BCUT2D eigenvalue weighted by molar-refractivity contribution is 9.09. The molecular formula is C8H13BrClN3O2S. The second kappa shape index (κ2) is 5.48. The van der Waals surface area contributed by atoms with Crippen molar-refractivity contribution < 1.29 is 8.42 Å². The first-order valence-electron chi connectivity index (χ1n) is 4.61. The van der Waals surface area contributed by atoms with E-state index in [0.717, 1.165) is 11.8 Å². The van der Waals surface area contributed by atoms with Crippen molar-refractivity contribution >= 4 is 37.6 Å². The number of aryl methyl sites for hydroxylation is 1. The Morgan fingerprint density at radius 3 is 2.69 bits per heavy atom. The highest BCUT2D eigenvalue weighted by Gasteiger charge is 2.26. The average molecular weight is 331 g/mol. The van der Waals surface area contributed by atoms with Crippen molar-refractivity contribution in [1.82, 2.24) is 14.1 Å². The Kier molecular flexibility index (Phi) is 4.78. The molecule has 92 valence electrons. The molecule has 1 heterocycles. The summed E-state index contributed by atoms with van der Waals surface area (Å²) in [4.78, 5) is 0. The van der Waals surface area contributed by atoms with E-state index in [2.05, 4.69) is 21.0 Å². The van der Waals surface area contributed by atoms with E-state index in [1.54, 1.807) is 7.05 Å². The minimum Gasteiger partial charge on any atom is -0.255 e. The van der Waals surface area contributed by atoms with E-state index in [4.69, 9.17) is 11.6 Å². The van der Waals surface area contributed by atoms with Gasteiger partial charge in [-0.25, -0.2) is 8.42 Å². The molecule has 0 amide bonds. The van der Waals surface area contributed by atoms with E-state index in [1.807, 2.05) is 0 Å². The lowest BCUT2D eigenvalue weighted by atomic mass is 10.5. The molecule has 5 nitrogen and oxygen atoms in total. The Morgan fingerprint density at radius 2 is 2.25 bits per heavy atom. The van der Waals surface area contributed by atoms with Gasteiger partial charge in [-0.2, -0.15) is 9.40 Å². The number of alkyl halides is 1. The topological polar surface area (TPSA) is 55.2 Å². The third-order valence-corrected chi connectivity index (χ3v) is 5.03. The molecule has 1 aromatic rings. The third-order valence-electron chi connectivity index (χ3n) is 2.10. The van der Waals surface area contributed by atoms with Crippen molar-refractivity contribution in [2.75, 3.05) is 18.9 Å². The fraction of sp³-hybridized carbons (Fsp3) is 0.625. The third kappa shape index (κ3) is 2.77. The molecule has 0 unspecified atom stereocenters. The van der Waals surface area contributed by atoms with Gasteiger partial charge < -0.3 is 0 Å². The Hall–Kier alpha value is -0.110. The zero-order chi connectivity index (χ0) is 12.3. The summed E-state index contributed by atoms with van der Waals surface area (Å²) in [6, 6.07) is 0. The van der Waals surface area contributed by atoms with Gasteiger partial charge in [0.05, 0.1) is 11.2 Å². The van der Waals surface area contributed by atoms with Crippen LogP contribution < -0.4 is 0 Å². The van der Waals surface area contributed by atoms with E-state index in [9.17, 15) is 8.42 Å². The fourth-order valence-corrected chi connectivity index (χ4v) is 3.29. The minimum atomic E-state index is -3.55. The smallest absolute Gasteiger partial charge is 0.255 e. The van der Waals surface area contributed by atoms with Gasteiger partial charge in [-0.05, 0) is 6.42 Å². The summed E-state index contributed by atoms with van der Waals surface area (Å²) in [6.45, 7) is 0.440. The number of aromatic nitrogens is 2. The summed E-state index contributed by atoms with van der Waals surface area (Å²) in [5.74, 6) is 0. The summed E-state index contributed by atoms with van der Waals surface area (Å²) >= 11 is 9.07. The predicted molar refractivity (Wildman–Crippen MR) is 66.4 cm³/mol. The quantitative estimate of drug-likeness (QED) is 0.768. The number of halogens is 2. The molecule has 0 aliphatic heterocycles. The van der Waals surface area contributed by atoms with Crippen LogP contribution >= 0.6 is 27.5 Å². The molecule has 0 saturated heterocycles. The SMILES string of the molecule is CN(CCCBr)S(=O)(=O)c1c(Cl)cnn1C. The first kappa shape index (κ1) is 14.0. The van der Waals surface area contributed by atoms with Crippen LogP contribution in [0.5, 0.6) is 0 Å². The van der Waals surface area contributed by atoms with Crippen LogP contribution in [0.2, 0.25) is 5.02 Å². The van der Waals surface area contributed by atoms with Crippen molar-refractivity contribution in [3.63, 3.8) is 0 Å². The number of sulfonamides is 1. The maximum atomic E-state index is 12.1. The molecule has 16 heavy (non-hydrogen) atoms. The van der Waals surface area contributed by atoms with Crippen LogP contribution in [0.4, 0.5) is 0 Å². The highest BCUT2D eigenvalue weighted by Crippen LogP contribution is 2.22. The maximum Gasteiger partial charge on any atom is 0.261 e. The lowest BCUT2D eigenvalue weighted by Crippen LogP contribution is -2.30. The largest absolute Gasteiger partial charge is 0.261 e. The normalized spacial score (nSPS) is 12.3. The van der Waals surface area contributed by atoms with Crippen molar-refractivity contribution in [2.45, 2.75) is 11.4 Å². The molecule has 0 saturated carbocycles. The second-order valence-corrected chi connectivity index (χ2v) is 6.45. The van der Waals surface area contributed by atoms with Crippen LogP contribution in [0.15, 0.2) is 11.2 Å². The van der Waals surface area contributed by atoms with Crippen molar-refractivity contribution in [3.05, 3.63) is 11.2 Å². The second-order valence-electron chi connectivity index (χ2n) is 3.29. The number of hydrogen-bond acceptors (Lipinski definition) is 3. The van der Waals surface area contributed by atoms with E-state index in [0.29, 0.717) is 6.54 Å². The molecule has 0 radical (unpaired) electrons. The van der Waals surface area contributed by atoms with E-state index in [1.165, 1.54) is 22.2 Å². The van der Waals surface area contributed by atoms with Crippen LogP contribution in [0.3, 0.4) is 0 Å². The van der Waals surface area contributed by atoms with Crippen LogP contribution in [0.25, 0.3) is 0 Å². The fourth-order valence-electron chi connectivity index (χ4n) is 1.24. The number of nitrogens with zero attached hydrogens (tertiary/aromatic N) is 3. The summed E-state index contributed by atoms with van der Waals surface area (Å²) in [6.07, 6.45) is 2.07. The molecule has 0 fully saturated rings. The maximum absolute atomic E-state index is 12.1. The lowest BCUT2D eigenvalue weighted by molar-refractivity contribution is 0.461. The van der Waals surface area contributed by atoms with Gasteiger partial charge in [0.2, 0.25) is 0 Å². The van der Waals surface area contributed by atoms with Gasteiger partial charge in [0.1, 0.15) is 0 Å². The molecule has 0 aromatic carbocycles. The van der Waals surface area contributed by atoms with Crippen LogP contribution in [0, 0.1) is 0 Å². The molecule has 0 spiro atoms. The number of hydrogen-bond donors (Lipinski definition) is 0. The van der Waals surface area contributed by atoms with Crippen LogP contribution in [-0.4, -0.2) is 41.4 Å². The summed E-state index contributed by atoms with van der Waals surface area (Å²) in [7, 11) is -0.466. The van der Waals surface area contributed by atoms with E-state index in [-0.39, 0.29) is 10.0 Å². The Bertz CT molecular complexity index is 440. The zero-order valence-electron chi connectivity index (χ0n) is 9.02. The minimum absolute atomic E-state index is 0.0336. The molecule has 0 bridgehead atoms. The van der Waals surface area contributed by atoms with Gasteiger partial charge in [0.25, 0.3) is 10.0 Å². The molecule has 1 rings (SSSR count). The molecule has 0 aliphatic rings. The Labute approximate surface area is 109 Å². The van der Waals surface area contributed by atoms with Gasteiger partial charge in [0.15, 0.2) is 5.03 Å². The van der Waals surface area contributed by atoms with Gasteiger partial charge in [-0.3, -0.25) is 4.68 Å². The van der Waals surface area contributed by atoms with Crippen LogP contribution in [0.1, 0.15) is 6.42 Å². The Balaban J connectivity index is 3.02. The Morgan fingerprint density at radius 1 is 1.62 bits per heavy atom. The van der Waals surface area contributed by atoms with Crippen molar-refractivity contribution in [2.24, 2.45) is 7.05 Å². The molecule has 0 atom stereocenters. The molecule has 8 heteroatoms. The van der Waals surface area contributed by atoms with Gasteiger partial charge in [-0.1, -0.05) is 27.5 Å². The average Bonchev–Trinajstić information content (AvgIpc) is 2.55. The summed E-state index contributed by atoms with van der Waals surface area (Å²) in [5, 5.41) is 4.75. The molecule has 1 aromatic heterocycles. The summed E-state index contributed by atoms with van der Waals surface area (Å²) in [5.41, 5.74) is 0. The predicted octanol–water partition coefficient (Wildman–Crippen LogP) is 1.48. The van der Waals surface area contributed by atoms with E-state index < -0.39 is 10.0 Å². The standard InChI is InChI=1S/C8H13BrClN3O2S/c1-12(5-3-4-9)16(14,15)8-7(10)6-11-13(8)2/h6H,3-5H2,1-2H3.